The predicted octanol–water partition coefficient (Wildman–Crippen LogP) is 2.25. The van der Waals surface area contributed by atoms with Gasteiger partial charge in [0.2, 0.25) is 5.91 Å². The number of hydrogen-bond donors (Lipinski definition) is 1. The molecule has 1 aromatic heterocycles. The third-order valence-electron chi connectivity index (χ3n) is 2.66. The van der Waals surface area contributed by atoms with E-state index in [1.807, 2.05) is 12.1 Å². The summed E-state index contributed by atoms with van der Waals surface area (Å²) < 4.78 is 5.14. The molecule has 15 heavy (non-hydrogen) atoms. The van der Waals surface area contributed by atoms with E-state index in [2.05, 4.69) is 17.5 Å². The van der Waals surface area contributed by atoms with Crippen LogP contribution in [0, 0.1) is 5.92 Å². The Morgan fingerprint density at radius 2 is 2.47 bits per heavy atom. The highest BCUT2D eigenvalue weighted by Gasteiger charge is 2.18. The Hall–Kier alpha value is -1.51. The lowest BCUT2D eigenvalue weighted by Crippen LogP contribution is -2.30. The van der Waals surface area contributed by atoms with Crippen molar-refractivity contribution >= 4 is 5.91 Å². The fraction of sp³-hybridized carbons (Fsp3) is 0.417. The van der Waals surface area contributed by atoms with Crippen LogP contribution in [0.4, 0.5) is 0 Å². The number of rotatable bonds is 3. The van der Waals surface area contributed by atoms with Crippen molar-refractivity contribution in [3.8, 4) is 0 Å². The molecule has 0 aliphatic heterocycles. The molecule has 3 nitrogen and oxygen atoms in total. The van der Waals surface area contributed by atoms with E-state index in [0.717, 1.165) is 25.0 Å². The maximum Gasteiger partial charge on any atom is 0.223 e. The average Bonchev–Trinajstić information content (AvgIpc) is 2.80. The Morgan fingerprint density at radius 1 is 1.53 bits per heavy atom. The highest BCUT2D eigenvalue weighted by atomic mass is 16.3. The Labute approximate surface area is 89.2 Å². The zero-order chi connectivity index (χ0) is 10.5. The summed E-state index contributed by atoms with van der Waals surface area (Å²) in [5, 5.41) is 2.89. The summed E-state index contributed by atoms with van der Waals surface area (Å²) in [6.45, 7) is 0.492. The minimum absolute atomic E-state index is 0.135. The molecule has 2 rings (SSSR count). The van der Waals surface area contributed by atoms with Gasteiger partial charge in [-0.3, -0.25) is 4.79 Å². The summed E-state index contributed by atoms with van der Waals surface area (Å²) in [6, 6.07) is 3.69. The second-order valence-electron chi connectivity index (χ2n) is 3.78. The standard InChI is InChI=1S/C12H15NO2/c14-12(10-5-2-1-3-6-10)13-9-11-7-4-8-15-11/h1-2,4,7-8,10H,3,5-6,9H2,(H,13,14). The van der Waals surface area contributed by atoms with Crippen molar-refractivity contribution in [2.45, 2.75) is 25.8 Å². The first-order chi connectivity index (χ1) is 7.36. The van der Waals surface area contributed by atoms with Crippen molar-refractivity contribution in [1.82, 2.24) is 5.32 Å². The minimum Gasteiger partial charge on any atom is -0.467 e. The lowest BCUT2D eigenvalue weighted by molar-refractivity contribution is -0.125. The van der Waals surface area contributed by atoms with Crippen LogP contribution in [-0.4, -0.2) is 5.91 Å². The van der Waals surface area contributed by atoms with E-state index in [1.165, 1.54) is 0 Å². The van der Waals surface area contributed by atoms with Gasteiger partial charge in [0.05, 0.1) is 12.8 Å². The van der Waals surface area contributed by atoms with E-state index >= 15 is 0 Å². The van der Waals surface area contributed by atoms with E-state index in [-0.39, 0.29) is 11.8 Å². The number of furan rings is 1. The number of carbonyl (C=O) groups is 1. The van der Waals surface area contributed by atoms with Gasteiger partial charge in [-0.1, -0.05) is 12.2 Å². The molecular weight excluding hydrogens is 190 g/mol. The molecule has 1 unspecified atom stereocenters. The summed E-state index contributed by atoms with van der Waals surface area (Å²) in [6.07, 6.45) is 8.67. The number of nitrogens with one attached hydrogen (secondary N) is 1. The molecule has 0 saturated heterocycles. The molecule has 1 amide bonds. The molecule has 1 atom stereocenters. The zero-order valence-electron chi connectivity index (χ0n) is 8.61. The lowest BCUT2D eigenvalue weighted by atomic mass is 9.94. The molecule has 1 aromatic rings. The van der Waals surface area contributed by atoms with Crippen molar-refractivity contribution < 1.29 is 9.21 Å². The maximum atomic E-state index is 11.7. The van der Waals surface area contributed by atoms with Gasteiger partial charge in [-0.05, 0) is 31.4 Å². The summed E-state index contributed by atoms with van der Waals surface area (Å²) in [4.78, 5) is 11.7. The summed E-state index contributed by atoms with van der Waals surface area (Å²) in [5.74, 6) is 1.08. The van der Waals surface area contributed by atoms with Crippen LogP contribution in [0.1, 0.15) is 25.0 Å². The third-order valence-corrected chi connectivity index (χ3v) is 2.66. The fourth-order valence-corrected chi connectivity index (χ4v) is 1.76. The molecule has 1 N–H and O–H groups in total. The van der Waals surface area contributed by atoms with Gasteiger partial charge in [0.15, 0.2) is 0 Å². The van der Waals surface area contributed by atoms with Gasteiger partial charge in [-0.15, -0.1) is 0 Å². The molecule has 0 aromatic carbocycles. The average molecular weight is 205 g/mol. The van der Waals surface area contributed by atoms with Crippen molar-refractivity contribution in [2.75, 3.05) is 0 Å². The number of amides is 1. The van der Waals surface area contributed by atoms with Gasteiger partial charge in [-0.2, -0.15) is 0 Å². The van der Waals surface area contributed by atoms with Crippen molar-refractivity contribution in [3.05, 3.63) is 36.3 Å². The summed E-state index contributed by atoms with van der Waals surface area (Å²) >= 11 is 0. The summed E-state index contributed by atoms with van der Waals surface area (Å²) in [7, 11) is 0. The Kier molecular flexibility index (Phi) is 3.22. The third kappa shape index (κ3) is 2.72. The molecular formula is C12H15NO2. The van der Waals surface area contributed by atoms with Crippen LogP contribution < -0.4 is 5.32 Å². The quantitative estimate of drug-likeness (QED) is 0.769. The number of carbonyl (C=O) groups excluding carboxylic acids is 1. The van der Waals surface area contributed by atoms with Crippen LogP contribution in [0.15, 0.2) is 35.0 Å². The SMILES string of the molecule is O=C(NCc1ccco1)C1CC=CCC1. The van der Waals surface area contributed by atoms with E-state index in [0.29, 0.717) is 6.54 Å². The Morgan fingerprint density at radius 3 is 3.13 bits per heavy atom. The van der Waals surface area contributed by atoms with Gasteiger partial charge in [0, 0.05) is 5.92 Å². The number of allylic oxidation sites excluding steroid dienone is 2. The fourth-order valence-electron chi connectivity index (χ4n) is 1.76. The first-order valence-electron chi connectivity index (χ1n) is 5.31. The molecule has 0 radical (unpaired) electrons. The molecule has 1 aliphatic rings. The van der Waals surface area contributed by atoms with Crippen molar-refractivity contribution in [3.63, 3.8) is 0 Å². The van der Waals surface area contributed by atoms with Crippen molar-refractivity contribution in [2.24, 2.45) is 5.92 Å². The molecule has 3 heteroatoms. The molecule has 0 spiro atoms. The van der Waals surface area contributed by atoms with Crippen LogP contribution >= 0.6 is 0 Å². The van der Waals surface area contributed by atoms with Crippen LogP contribution in [0.2, 0.25) is 0 Å². The highest BCUT2D eigenvalue weighted by Crippen LogP contribution is 2.18. The Balaban J connectivity index is 1.79. The second-order valence-corrected chi connectivity index (χ2v) is 3.78. The van der Waals surface area contributed by atoms with E-state index in [1.54, 1.807) is 6.26 Å². The van der Waals surface area contributed by atoms with Crippen LogP contribution in [0.5, 0.6) is 0 Å². The molecule has 1 heterocycles. The molecule has 80 valence electrons. The minimum atomic E-state index is 0.135. The van der Waals surface area contributed by atoms with E-state index in [9.17, 15) is 4.79 Å². The van der Waals surface area contributed by atoms with Gasteiger partial charge in [-0.25, -0.2) is 0 Å². The molecule has 0 bridgehead atoms. The van der Waals surface area contributed by atoms with E-state index in [4.69, 9.17) is 4.42 Å². The van der Waals surface area contributed by atoms with Crippen molar-refractivity contribution in [1.29, 1.82) is 0 Å². The monoisotopic (exact) mass is 205 g/mol. The second kappa shape index (κ2) is 4.82. The smallest absolute Gasteiger partial charge is 0.223 e. The van der Waals surface area contributed by atoms with Crippen LogP contribution in [0.3, 0.4) is 0 Å². The van der Waals surface area contributed by atoms with Gasteiger partial charge >= 0.3 is 0 Å². The first kappa shape index (κ1) is 10.0. The Bertz CT molecular complexity index is 341. The lowest BCUT2D eigenvalue weighted by Gasteiger charge is -2.16. The van der Waals surface area contributed by atoms with Gasteiger partial charge in [0.1, 0.15) is 5.76 Å². The maximum absolute atomic E-state index is 11.7. The van der Waals surface area contributed by atoms with E-state index < -0.39 is 0 Å². The molecule has 0 fully saturated rings. The number of hydrogen-bond acceptors (Lipinski definition) is 2. The molecule has 0 saturated carbocycles. The normalized spacial score (nSPS) is 20.1. The zero-order valence-corrected chi connectivity index (χ0v) is 8.61. The van der Waals surface area contributed by atoms with Gasteiger partial charge in [0.25, 0.3) is 0 Å². The molecule has 1 aliphatic carbocycles. The predicted molar refractivity (Wildman–Crippen MR) is 57.0 cm³/mol. The highest BCUT2D eigenvalue weighted by molar-refractivity contribution is 5.78. The van der Waals surface area contributed by atoms with Crippen LogP contribution in [-0.2, 0) is 11.3 Å². The van der Waals surface area contributed by atoms with Crippen LogP contribution in [0.25, 0.3) is 0 Å². The largest absolute Gasteiger partial charge is 0.467 e. The van der Waals surface area contributed by atoms with Gasteiger partial charge < -0.3 is 9.73 Å². The topological polar surface area (TPSA) is 42.2 Å². The summed E-state index contributed by atoms with van der Waals surface area (Å²) in [5.41, 5.74) is 0. The first-order valence-corrected chi connectivity index (χ1v) is 5.31.